The predicted octanol–water partition coefficient (Wildman–Crippen LogP) is 4.13. The van der Waals surface area contributed by atoms with E-state index in [1.807, 2.05) is 24.3 Å². The molecule has 0 aliphatic rings. The molecule has 0 saturated heterocycles. The number of nitrogens with one attached hydrogen (secondary N) is 1. The smallest absolute Gasteiger partial charge is 0.240 e. The fraction of sp³-hybridized carbons (Fsp3) is 0.263. The molecule has 25 heavy (non-hydrogen) atoms. The first-order valence-corrected chi connectivity index (χ1v) is 8.15. The lowest BCUT2D eigenvalue weighted by atomic mass is 10.0. The van der Waals surface area contributed by atoms with Gasteiger partial charge in [-0.2, -0.15) is 4.98 Å². The lowest BCUT2D eigenvalue weighted by Crippen LogP contribution is -2.20. The third-order valence-corrected chi connectivity index (χ3v) is 4.00. The topological polar surface area (TPSA) is 60.2 Å². The number of hydrogen-bond donors (Lipinski definition) is 1. The van der Waals surface area contributed by atoms with Gasteiger partial charge in [-0.05, 0) is 48.4 Å². The third kappa shape index (κ3) is 4.22. The Morgan fingerprint density at radius 3 is 2.48 bits per heavy atom. The molecular formula is C19H20FN3O2. The van der Waals surface area contributed by atoms with Crippen molar-refractivity contribution in [3.63, 3.8) is 0 Å². The van der Waals surface area contributed by atoms with Crippen molar-refractivity contribution in [3.05, 3.63) is 65.8 Å². The summed E-state index contributed by atoms with van der Waals surface area (Å²) >= 11 is 0. The van der Waals surface area contributed by atoms with Gasteiger partial charge in [0.05, 0.1) is 13.7 Å². The van der Waals surface area contributed by atoms with E-state index < -0.39 is 0 Å². The van der Waals surface area contributed by atoms with Gasteiger partial charge in [-0.15, -0.1) is 0 Å². The van der Waals surface area contributed by atoms with E-state index >= 15 is 0 Å². The summed E-state index contributed by atoms with van der Waals surface area (Å²) in [7, 11) is 1.65. The van der Waals surface area contributed by atoms with Crippen LogP contribution in [0.25, 0.3) is 11.4 Å². The normalized spacial score (nSPS) is 12.1. The quantitative estimate of drug-likeness (QED) is 0.700. The number of hydrogen-bond acceptors (Lipinski definition) is 5. The number of nitrogens with zero attached hydrogens (tertiary/aromatic N) is 2. The van der Waals surface area contributed by atoms with Crippen LogP contribution in [0.15, 0.2) is 53.1 Å². The van der Waals surface area contributed by atoms with Crippen LogP contribution in [-0.4, -0.2) is 17.3 Å². The van der Waals surface area contributed by atoms with E-state index in [-0.39, 0.29) is 11.9 Å². The maximum atomic E-state index is 13.0. The van der Waals surface area contributed by atoms with E-state index in [1.54, 1.807) is 19.2 Å². The highest BCUT2D eigenvalue weighted by Crippen LogP contribution is 2.21. The molecule has 6 heteroatoms. The van der Waals surface area contributed by atoms with Gasteiger partial charge in [0, 0.05) is 11.6 Å². The van der Waals surface area contributed by atoms with Crippen molar-refractivity contribution in [1.29, 1.82) is 0 Å². The largest absolute Gasteiger partial charge is 0.497 e. The first kappa shape index (κ1) is 17.1. The molecule has 1 aromatic heterocycles. The van der Waals surface area contributed by atoms with Crippen LogP contribution < -0.4 is 10.1 Å². The number of benzene rings is 2. The van der Waals surface area contributed by atoms with Crippen molar-refractivity contribution in [1.82, 2.24) is 15.5 Å². The second-order valence-electron chi connectivity index (χ2n) is 5.63. The molecule has 0 amide bonds. The molecule has 0 unspecified atom stereocenters. The summed E-state index contributed by atoms with van der Waals surface area (Å²) in [6.07, 6.45) is 0.922. The van der Waals surface area contributed by atoms with Crippen LogP contribution >= 0.6 is 0 Å². The standard InChI is InChI=1S/C19H20FN3O2/c1-3-17(13-6-10-16(24-2)11-7-13)21-12-18-22-19(23-25-18)14-4-8-15(20)9-5-14/h4-11,17,21H,3,12H2,1-2H3/t17-/m0/s1. The van der Waals surface area contributed by atoms with Crippen molar-refractivity contribution in [2.45, 2.75) is 25.9 Å². The lowest BCUT2D eigenvalue weighted by molar-refractivity contribution is 0.356. The van der Waals surface area contributed by atoms with Gasteiger partial charge in [0.15, 0.2) is 0 Å². The zero-order chi connectivity index (χ0) is 17.6. The van der Waals surface area contributed by atoms with Crippen molar-refractivity contribution < 1.29 is 13.7 Å². The van der Waals surface area contributed by atoms with Crippen molar-refractivity contribution in [3.8, 4) is 17.1 Å². The van der Waals surface area contributed by atoms with E-state index in [9.17, 15) is 4.39 Å². The van der Waals surface area contributed by atoms with Gasteiger partial charge in [0.1, 0.15) is 11.6 Å². The lowest BCUT2D eigenvalue weighted by Gasteiger charge is -2.16. The predicted molar refractivity (Wildman–Crippen MR) is 92.6 cm³/mol. The Labute approximate surface area is 145 Å². The Hall–Kier alpha value is -2.73. The molecule has 0 bridgehead atoms. The summed E-state index contributed by atoms with van der Waals surface area (Å²) in [5.41, 5.74) is 1.89. The molecule has 2 aromatic carbocycles. The van der Waals surface area contributed by atoms with Crippen LogP contribution in [0.4, 0.5) is 4.39 Å². The Morgan fingerprint density at radius 2 is 1.84 bits per heavy atom. The third-order valence-electron chi connectivity index (χ3n) is 4.00. The van der Waals surface area contributed by atoms with Crippen LogP contribution in [-0.2, 0) is 6.54 Å². The summed E-state index contributed by atoms with van der Waals surface area (Å²) in [6.45, 7) is 2.57. The molecular weight excluding hydrogens is 321 g/mol. The molecule has 1 N–H and O–H groups in total. The average molecular weight is 341 g/mol. The SMILES string of the molecule is CC[C@H](NCc1nc(-c2ccc(F)cc2)no1)c1ccc(OC)cc1. The minimum absolute atomic E-state index is 0.173. The molecule has 130 valence electrons. The molecule has 1 atom stereocenters. The molecule has 5 nitrogen and oxygen atoms in total. The van der Waals surface area contributed by atoms with Crippen LogP contribution in [0, 0.1) is 5.82 Å². The second kappa shape index (κ2) is 7.90. The van der Waals surface area contributed by atoms with E-state index in [4.69, 9.17) is 9.26 Å². The molecule has 0 saturated carbocycles. The zero-order valence-corrected chi connectivity index (χ0v) is 14.2. The fourth-order valence-electron chi connectivity index (χ4n) is 2.59. The molecule has 0 spiro atoms. The zero-order valence-electron chi connectivity index (χ0n) is 14.2. The van der Waals surface area contributed by atoms with Crippen molar-refractivity contribution in [2.75, 3.05) is 7.11 Å². The highest BCUT2D eigenvalue weighted by atomic mass is 19.1. The summed E-state index contributed by atoms with van der Waals surface area (Å²) < 4.78 is 23.4. The summed E-state index contributed by atoms with van der Waals surface area (Å²) in [4.78, 5) is 4.35. The van der Waals surface area contributed by atoms with Gasteiger partial charge >= 0.3 is 0 Å². The molecule has 0 aliphatic carbocycles. The van der Waals surface area contributed by atoms with Gasteiger partial charge < -0.3 is 14.6 Å². The van der Waals surface area contributed by atoms with Crippen LogP contribution in [0.2, 0.25) is 0 Å². The van der Waals surface area contributed by atoms with Gasteiger partial charge in [0.25, 0.3) is 0 Å². The first-order chi connectivity index (χ1) is 12.2. The van der Waals surface area contributed by atoms with Crippen LogP contribution in [0.3, 0.4) is 0 Å². The minimum Gasteiger partial charge on any atom is -0.497 e. The molecule has 0 radical (unpaired) electrons. The van der Waals surface area contributed by atoms with E-state index in [0.717, 1.165) is 17.7 Å². The molecule has 0 fully saturated rings. The van der Waals surface area contributed by atoms with Crippen molar-refractivity contribution >= 4 is 0 Å². The number of ether oxygens (including phenoxy) is 1. The molecule has 0 aliphatic heterocycles. The fourth-order valence-corrected chi connectivity index (χ4v) is 2.59. The second-order valence-corrected chi connectivity index (χ2v) is 5.63. The number of rotatable bonds is 7. The van der Waals surface area contributed by atoms with Crippen LogP contribution in [0.1, 0.15) is 30.8 Å². The van der Waals surface area contributed by atoms with E-state index in [0.29, 0.717) is 18.3 Å². The number of methoxy groups -OCH3 is 1. The Bertz CT molecular complexity index is 800. The maximum absolute atomic E-state index is 13.0. The van der Waals surface area contributed by atoms with Gasteiger partial charge in [-0.1, -0.05) is 24.2 Å². The summed E-state index contributed by atoms with van der Waals surface area (Å²) in [5.74, 6) is 1.49. The van der Waals surface area contributed by atoms with E-state index in [1.165, 1.54) is 17.7 Å². The monoisotopic (exact) mass is 341 g/mol. The van der Waals surface area contributed by atoms with Gasteiger partial charge in [-0.25, -0.2) is 4.39 Å². The summed E-state index contributed by atoms with van der Waals surface area (Å²) in [6, 6.07) is 14.1. The van der Waals surface area contributed by atoms with Gasteiger partial charge in [-0.3, -0.25) is 0 Å². The minimum atomic E-state index is -0.292. The molecule has 3 rings (SSSR count). The van der Waals surface area contributed by atoms with Crippen LogP contribution in [0.5, 0.6) is 5.75 Å². The maximum Gasteiger partial charge on any atom is 0.240 e. The number of aromatic nitrogens is 2. The molecule has 1 heterocycles. The first-order valence-electron chi connectivity index (χ1n) is 8.15. The Balaban J connectivity index is 1.64. The van der Waals surface area contributed by atoms with E-state index in [2.05, 4.69) is 22.4 Å². The average Bonchev–Trinajstić information content (AvgIpc) is 3.12. The highest BCUT2D eigenvalue weighted by molar-refractivity contribution is 5.53. The Morgan fingerprint density at radius 1 is 1.12 bits per heavy atom. The Kier molecular flexibility index (Phi) is 5.40. The van der Waals surface area contributed by atoms with Gasteiger partial charge in [0.2, 0.25) is 11.7 Å². The summed E-state index contributed by atoms with van der Waals surface area (Å²) in [5, 5.41) is 7.37. The number of halogens is 1. The highest BCUT2D eigenvalue weighted by Gasteiger charge is 2.13. The van der Waals surface area contributed by atoms with Crippen molar-refractivity contribution in [2.24, 2.45) is 0 Å². The molecule has 3 aromatic rings.